The van der Waals surface area contributed by atoms with E-state index in [0.29, 0.717) is 19.3 Å². The molecule has 40 heavy (non-hydrogen) atoms. The Morgan fingerprint density at radius 2 is 1.32 bits per heavy atom. The van der Waals surface area contributed by atoms with E-state index in [-0.39, 0.29) is 5.78 Å². The van der Waals surface area contributed by atoms with Crippen molar-refractivity contribution in [2.75, 3.05) is 0 Å². The van der Waals surface area contributed by atoms with Gasteiger partial charge in [0.25, 0.3) is 0 Å². The highest BCUT2D eigenvalue weighted by Gasteiger charge is 2.26. The Morgan fingerprint density at radius 3 is 1.85 bits per heavy atom. The van der Waals surface area contributed by atoms with E-state index in [1.807, 2.05) is 81.4 Å². The smallest absolute Gasteiger partial charge is 0.331 e. The fourth-order valence-electron chi connectivity index (χ4n) is 4.31. The van der Waals surface area contributed by atoms with Gasteiger partial charge in [-0.1, -0.05) is 111 Å². The van der Waals surface area contributed by atoms with Crippen LogP contribution < -0.4 is 0 Å². The average molecular weight is 544 g/mol. The van der Waals surface area contributed by atoms with Crippen LogP contribution in [0, 0.1) is 0 Å². The number of esters is 1. The molecule has 0 saturated carbocycles. The molecule has 0 aliphatic heterocycles. The number of carbonyl (C=O) groups is 2. The molecule has 1 atom stereocenters. The number of nitrogens with zero attached hydrogens (tertiary/aromatic N) is 1. The summed E-state index contributed by atoms with van der Waals surface area (Å²) in [6.45, 7) is 7.79. The maximum Gasteiger partial charge on any atom is 0.331 e. The first kappa shape index (κ1) is 32.9. The number of unbranched alkanes of at least 4 members (excludes halogenated alkanes) is 6. The van der Waals surface area contributed by atoms with Gasteiger partial charge in [0.2, 0.25) is 0 Å². The van der Waals surface area contributed by atoms with Crippen LogP contribution in [0.1, 0.15) is 109 Å². The lowest BCUT2D eigenvalue weighted by molar-refractivity contribution is -0.156. The van der Waals surface area contributed by atoms with Crippen LogP contribution in [0.3, 0.4) is 0 Å². The molecular formula is C36H49NO3. The van der Waals surface area contributed by atoms with Gasteiger partial charge in [-0.25, -0.2) is 4.79 Å². The number of hydrogen-bond donors (Lipinski definition) is 0. The number of carbonyl (C=O) groups excluding carboxylic acids is 2. The SMILES string of the molecule is CCCCCC/C=C/C=C/CCCCC(=O)CCC(N=C(c1ccccc1)c1ccccc1)C(=O)OC(C)(C)C. The van der Waals surface area contributed by atoms with Gasteiger partial charge in [0, 0.05) is 24.0 Å². The van der Waals surface area contributed by atoms with Crippen molar-refractivity contribution in [1.82, 2.24) is 0 Å². The summed E-state index contributed by atoms with van der Waals surface area (Å²) in [5.74, 6) is -0.228. The molecule has 216 valence electrons. The predicted molar refractivity (Wildman–Crippen MR) is 168 cm³/mol. The second-order valence-electron chi connectivity index (χ2n) is 11.3. The van der Waals surface area contributed by atoms with Gasteiger partial charge in [0.15, 0.2) is 0 Å². The van der Waals surface area contributed by atoms with E-state index >= 15 is 0 Å². The van der Waals surface area contributed by atoms with E-state index in [2.05, 4.69) is 31.2 Å². The molecule has 0 aliphatic rings. The first-order valence-electron chi connectivity index (χ1n) is 15.0. The maximum absolute atomic E-state index is 13.2. The van der Waals surface area contributed by atoms with Crippen LogP contribution in [0.5, 0.6) is 0 Å². The Hall–Kier alpha value is -3.27. The van der Waals surface area contributed by atoms with Crippen molar-refractivity contribution >= 4 is 17.5 Å². The second kappa shape index (κ2) is 18.9. The van der Waals surface area contributed by atoms with Gasteiger partial charge < -0.3 is 4.74 Å². The van der Waals surface area contributed by atoms with Crippen molar-refractivity contribution in [3.63, 3.8) is 0 Å². The molecule has 0 fully saturated rings. The summed E-state index contributed by atoms with van der Waals surface area (Å²) >= 11 is 0. The molecule has 2 rings (SSSR count). The Bertz CT molecular complexity index is 1040. The topological polar surface area (TPSA) is 55.7 Å². The minimum Gasteiger partial charge on any atom is -0.458 e. The largest absolute Gasteiger partial charge is 0.458 e. The standard InChI is InChI=1S/C36H49NO3/c1-5-6-7-8-9-10-11-12-13-14-15-22-27-32(38)28-29-33(35(39)40-36(2,3)4)37-34(30-23-18-16-19-24-30)31-25-20-17-21-26-31/h10-13,16-21,23-26,33H,5-9,14-15,22,27-29H2,1-4H3/b11-10+,13-12+. The molecule has 2 aromatic carbocycles. The minimum atomic E-state index is -0.754. The zero-order valence-electron chi connectivity index (χ0n) is 25.1. The van der Waals surface area contributed by atoms with Gasteiger partial charge in [0.1, 0.15) is 17.4 Å². The highest BCUT2D eigenvalue weighted by Crippen LogP contribution is 2.18. The highest BCUT2D eigenvalue weighted by atomic mass is 16.6. The summed E-state index contributed by atoms with van der Waals surface area (Å²) in [7, 11) is 0. The van der Waals surface area contributed by atoms with Crippen molar-refractivity contribution < 1.29 is 14.3 Å². The van der Waals surface area contributed by atoms with Gasteiger partial charge in [-0.2, -0.15) is 0 Å². The summed E-state index contributed by atoms with van der Waals surface area (Å²) in [5.41, 5.74) is 1.94. The zero-order valence-corrected chi connectivity index (χ0v) is 25.1. The summed E-state index contributed by atoms with van der Waals surface area (Å²) in [6, 6.07) is 18.9. The molecule has 1 unspecified atom stereocenters. The molecule has 0 bridgehead atoms. The van der Waals surface area contributed by atoms with E-state index in [4.69, 9.17) is 9.73 Å². The normalized spacial score (nSPS) is 12.5. The highest BCUT2D eigenvalue weighted by molar-refractivity contribution is 6.13. The summed E-state index contributed by atoms with van der Waals surface area (Å²) in [4.78, 5) is 30.8. The fourth-order valence-corrected chi connectivity index (χ4v) is 4.31. The lowest BCUT2D eigenvalue weighted by Crippen LogP contribution is -2.32. The third kappa shape index (κ3) is 14.2. The van der Waals surface area contributed by atoms with Gasteiger partial charge in [-0.15, -0.1) is 0 Å². The number of ketones is 1. The van der Waals surface area contributed by atoms with Crippen molar-refractivity contribution in [1.29, 1.82) is 0 Å². The van der Waals surface area contributed by atoms with E-state index in [1.54, 1.807) is 0 Å². The van der Waals surface area contributed by atoms with Crippen LogP contribution in [0.2, 0.25) is 0 Å². The summed E-state index contributed by atoms with van der Waals surface area (Å²) in [6.07, 6.45) is 18.9. The second-order valence-corrected chi connectivity index (χ2v) is 11.3. The first-order chi connectivity index (χ1) is 19.3. The molecule has 2 aromatic rings. The number of Topliss-reactive ketones (excluding diaryl/α,β-unsaturated/α-hetero) is 1. The number of aliphatic imine (C=N–C) groups is 1. The summed E-state index contributed by atoms with van der Waals surface area (Å²) in [5, 5.41) is 0. The molecule has 4 heteroatoms. The monoisotopic (exact) mass is 543 g/mol. The van der Waals surface area contributed by atoms with Crippen LogP contribution in [0.15, 0.2) is 90.0 Å². The Morgan fingerprint density at radius 1 is 0.775 bits per heavy atom. The van der Waals surface area contributed by atoms with Gasteiger partial charge in [-0.3, -0.25) is 9.79 Å². The number of rotatable bonds is 18. The molecule has 0 aliphatic carbocycles. The molecule has 0 spiro atoms. The lowest BCUT2D eigenvalue weighted by atomic mass is 10.0. The van der Waals surface area contributed by atoms with Crippen LogP contribution >= 0.6 is 0 Å². The predicted octanol–water partition coefficient (Wildman–Crippen LogP) is 9.23. The van der Waals surface area contributed by atoms with Crippen molar-refractivity contribution in [3.8, 4) is 0 Å². The quantitative estimate of drug-likeness (QED) is 0.0815. The Labute approximate surface area is 242 Å². The van der Waals surface area contributed by atoms with E-state index in [1.165, 1.54) is 25.7 Å². The Balaban J connectivity index is 1.95. The average Bonchev–Trinajstić information content (AvgIpc) is 2.93. The van der Waals surface area contributed by atoms with Crippen molar-refractivity contribution in [2.24, 2.45) is 4.99 Å². The third-order valence-corrected chi connectivity index (χ3v) is 6.44. The third-order valence-electron chi connectivity index (χ3n) is 6.44. The van der Waals surface area contributed by atoms with Crippen LogP contribution in [0.4, 0.5) is 0 Å². The molecular weight excluding hydrogens is 494 g/mol. The van der Waals surface area contributed by atoms with E-state index in [0.717, 1.165) is 42.5 Å². The molecule has 0 amide bonds. The van der Waals surface area contributed by atoms with Crippen LogP contribution in [-0.2, 0) is 14.3 Å². The molecule has 0 N–H and O–H groups in total. The molecule has 0 heterocycles. The fraction of sp³-hybridized carbons (Fsp3) is 0.472. The molecule has 0 aromatic heterocycles. The van der Waals surface area contributed by atoms with Crippen LogP contribution in [0.25, 0.3) is 0 Å². The maximum atomic E-state index is 13.2. The van der Waals surface area contributed by atoms with E-state index < -0.39 is 17.6 Å². The zero-order chi connectivity index (χ0) is 29.1. The molecule has 4 nitrogen and oxygen atoms in total. The van der Waals surface area contributed by atoms with Crippen molar-refractivity contribution in [2.45, 2.75) is 110 Å². The Kier molecular flexibility index (Phi) is 15.6. The molecule has 0 radical (unpaired) electrons. The summed E-state index contributed by atoms with van der Waals surface area (Å²) < 4.78 is 5.71. The van der Waals surface area contributed by atoms with Gasteiger partial charge in [0.05, 0.1) is 5.71 Å². The number of ether oxygens (including phenoxy) is 1. The molecule has 0 saturated heterocycles. The number of benzene rings is 2. The van der Waals surface area contributed by atoms with Gasteiger partial charge in [-0.05, 0) is 59.3 Å². The van der Waals surface area contributed by atoms with Crippen molar-refractivity contribution in [3.05, 3.63) is 96.1 Å². The lowest BCUT2D eigenvalue weighted by Gasteiger charge is -2.23. The first-order valence-corrected chi connectivity index (χ1v) is 15.0. The minimum absolute atomic E-state index is 0.167. The van der Waals surface area contributed by atoms with Crippen LogP contribution in [-0.4, -0.2) is 29.1 Å². The van der Waals surface area contributed by atoms with Gasteiger partial charge >= 0.3 is 5.97 Å². The number of hydrogen-bond acceptors (Lipinski definition) is 4. The number of allylic oxidation sites excluding steroid dienone is 4. The van der Waals surface area contributed by atoms with E-state index in [9.17, 15) is 9.59 Å².